The molecule has 1 saturated heterocycles. The van der Waals surface area contributed by atoms with Crippen LogP contribution < -0.4 is 14.8 Å². The summed E-state index contributed by atoms with van der Waals surface area (Å²) >= 11 is 5.55. The third-order valence-corrected chi connectivity index (χ3v) is 5.51. The molecule has 31 heavy (non-hydrogen) atoms. The van der Waals surface area contributed by atoms with Gasteiger partial charge >= 0.3 is 0 Å². The number of carbonyl (C=O) groups is 2. The van der Waals surface area contributed by atoms with E-state index in [9.17, 15) is 9.59 Å². The topological polar surface area (TPSA) is 71.1 Å². The fourth-order valence-electron chi connectivity index (χ4n) is 3.48. The maximum Gasteiger partial charge on any atom is 0.252 e. The van der Waals surface area contributed by atoms with Crippen LogP contribution in [0.5, 0.6) is 11.5 Å². The molecule has 1 aliphatic rings. The number of likely N-dealkylation sites (N-methyl/N-ethyl adjacent to an activating group) is 1. The van der Waals surface area contributed by atoms with Crippen molar-refractivity contribution in [3.8, 4) is 11.5 Å². The molecule has 7 nitrogen and oxygen atoms in total. The van der Waals surface area contributed by atoms with E-state index in [1.54, 1.807) is 36.3 Å². The van der Waals surface area contributed by atoms with Crippen LogP contribution >= 0.6 is 12.2 Å². The first-order valence-electron chi connectivity index (χ1n) is 10.2. The van der Waals surface area contributed by atoms with E-state index in [1.165, 1.54) is 0 Å². The lowest BCUT2D eigenvalue weighted by Crippen LogP contribution is -2.37. The Labute approximate surface area is 187 Å². The zero-order chi connectivity index (χ0) is 22.4. The summed E-state index contributed by atoms with van der Waals surface area (Å²) in [5, 5.41) is 3.30. The molecular formula is C23H27N3O4S. The Balaban J connectivity index is 1.71. The Hall–Kier alpha value is -3.13. The molecule has 0 unspecified atom stereocenters. The van der Waals surface area contributed by atoms with Crippen molar-refractivity contribution in [3.63, 3.8) is 0 Å². The highest BCUT2D eigenvalue weighted by Gasteiger charge is 2.42. The number of hydrogen-bond acceptors (Lipinski definition) is 5. The molecule has 8 heteroatoms. The number of methoxy groups -OCH3 is 1. The van der Waals surface area contributed by atoms with Gasteiger partial charge in [-0.3, -0.25) is 14.5 Å². The standard InChI is InChI=1S/C23H27N3O4S/c1-4-25-22(28)20(14-21(27)24-17-8-12-19(13-9-17)30-5-2)26(23(25)31)15-16-6-10-18(29-3)11-7-16/h6-13,20H,4-5,14-15H2,1-3H3,(H,24,27)/t20-/m1/s1. The zero-order valence-corrected chi connectivity index (χ0v) is 18.8. The monoisotopic (exact) mass is 441 g/mol. The van der Waals surface area contributed by atoms with E-state index in [4.69, 9.17) is 21.7 Å². The average Bonchev–Trinajstić information content (AvgIpc) is 2.99. The number of thiocarbonyl (C=S) groups is 1. The highest BCUT2D eigenvalue weighted by Crippen LogP contribution is 2.25. The second kappa shape index (κ2) is 10.3. The first-order chi connectivity index (χ1) is 15.0. The lowest BCUT2D eigenvalue weighted by Gasteiger charge is -2.24. The maximum atomic E-state index is 12.9. The first kappa shape index (κ1) is 22.6. The van der Waals surface area contributed by atoms with Crippen LogP contribution in [0.3, 0.4) is 0 Å². The Morgan fingerprint density at radius 2 is 1.71 bits per heavy atom. The van der Waals surface area contributed by atoms with Crippen LogP contribution in [0.15, 0.2) is 48.5 Å². The average molecular weight is 442 g/mol. The van der Waals surface area contributed by atoms with Gasteiger partial charge in [0.15, 0.2) is 5.11 Å². The van der Waals surface area contributed by atoms with Crippen molar-refractivity contribution in [1.82, 2.24) is 9.80 Å². The van der Waals surface area contributed by atoms with E-state index in [-0.39, 0.29) is 18.2 Å². The minimum absolute atomic E-state index is 0.0127. The van der Waals surface area contributed by atoms with Crippen molar-refractivity contribution >= 4 is 34.8 Å². The Morgan fingerprint density at radius 3 is 2.29 bits per heavy atom. The lowest BCUT2D eigenvalue weighted by atomic mass is 10.1. The van der Waals surface area contributed by atoms with Crippen LogP contribution in [-0.2, 0) is 16.1 Å². The van der Waals surface area contributed by atoms with Crippen molar-refractivity contribution < 1.29 is 19.1 Å². The van der Waals surface area contributed by atoms with E-state index >= 15 is 0 Å². The summed E-state index contributed by atoms with van der Waals surface area (Å²) in [6.45, 7) is 5.27. The SMILES string of the molecule is CCOc1ccc(NC(=O)C[C@@H]2C(=O)N(CC)C(=S)N2Cc2ccc(OC)cc2)cc1. The molecule has 1 heterocycles. The molecule has 2 amide bonds. The van der Waals surface area contributed by atoms with Crippen LogP contribution in [0.4, 0.5) is 5.69 Å². The summed E-state index contributed by atoms with van der Waals surface area (Å²) in [4.78, 5) is 29.0. The predicted molar refractivity (Wildman–Crippen MR) is 123 cm³/mol. The van der Waals surface area contributed by atoms with Crippen molar-refractivity contribution in [1.29, 1.82) is 0 Å². The van der Waals surface area contributed by atoms with Gasteiger partial charge < -0.3 is 19.7 Å². The smallest absolute Gasteiger partial charge is 0.252 e. The second-order valence-corrected chi connectivity index (χ2v) is 7.43. The van der Waals surface area contributed by atoms with Gasteiger partial charge in [-0.25, -0.2) is 0 Å². The van der Waals surface area contributed by atoms with Crippen LogP contribution in [0, 0.1) is 0 Å². The van der Waals surface area contributed by atoms with Crippen LogP contribution in [0.25, 0.3) is 0 Å². The van der Waals surface area contributed by atoms with Gasteiger partial charge in [0, 0.05) is 18.8 Å². The molecule has 164 valence electrons. The Bertz CT molecular complexity index is 931. The third kappa shape index (κ3) is 5.32. The van der Waals surface area contributed by atoms with E-state index in [0.29, 0.717) is 30.5 Å². The van der Waals surface area contributed by atoms with E-state index in [2.05, 4.69) is 5.32 Å². The highest BCUT2D eigenvalue weighted by molar-refractivity contribution is 7.80. The molecule has 0 aliphatic carbocycles. The number of hydrogen-bond donors (Lipinski definition) is 1. The van der Waals surface area contributed by atoms with Gasteiger partial charge in [-0.15, -0.1) is 0 Å². The van der Waals surface area contributed by atoms with E-state index in [0.717, 1.165) is 17.1 Å². The van der Waals surface area contributed by atoms with Gasteiger partial charge in [0.1, 0.15) is 17.5 Å². The molecule has 3 rings (SSSR count). The van der Waals surface area contributed by atoms with E-state index < -0.39 is 6.04 Å². The van der Waals surface area contributed by atoms with Gasteiger partial charge in [0.2, 0.25) is 5.91 Å². The number of nitrogens with zero attached hydrogens (tertiary/aromatic N) is 2. The minimum Gasteiger partial charge on any atom is -0.497 e. The van der Waals surface area contributed by atoms with Gasteiger partial charge in [0.25, 0.3) is 5.91 Å². The summed E-state index contributed by atoms with van der Waals surface area (Å²) in [6.07, 6.45) is 0.0127. The van der Waals surface area contributed by atoms with Crippen molar-refractivity contribution in [2.75, 3.05) is 25.6 Å². The summed E-state index contributed by atoms with van der Waals surface area (Å²) in [7, 11) is 1.61. The predicted octanol–water partition coefficient (Wildman–Crippen LogP) is 3.44. The summed E-state index contributed by atoms with van der Waals surface area (Å²) in [5.41, 5.74) is 1.63. The fourth-order valence-corrected chi connectivity index (χ4v) is 3.89. The molecule has 0 aromatic heterocycles. The first-order valence-corrected chi connectivity index (χ1v) is 10.6. The minimum atomic E-state index is -0.641. The number of benzene rings is 2. The van der Waals surface area contributed by atoms with Crippen LogP contribution in [-0.4, -0.2) is 53.0 Å². The molecule has 0 bridgehead atoms. The zero-order valence-electron chi connectivity index (χ0n) is 18.0. The molecule has 1 fully saturated rings. The van der Waals surface area contributed by atoms with Gasteiger partial charge in [-0.1, -0.05) is 12.1 Å². The van der Waals surface area contributed by atoms with Crippen molar-refractivity contribution in [2.45, 2.75) is 32.9 Å². The number of nitrogens with one attached hydrogen (secondary N) is 1. The molecule has 0 saturated carbocycles. The third-order valence-electron chi connectivity index (χ3n) is 5.06. The van der Waals surface area contributed by atoms with Crippen molar-refractivity contribution in [3.05, 3.63) is 54.1 Å². The molecular weight excluding hydrogens is 414 g/mol. The van der Waals surface area contributed by atoms with E-state index in [1.807, 2.05) is 43.0 Å². The maximum absolute atomic E-state index is 12.9. The molecule has 0 radical (unpaired) electrons. The molecule has 1 N–H and O–H groups in total. The quantitative estimate of drug-likeness (QED) is 0.601. The summed E-state index contributed by atoms with van der Waals surface area (Å²) < 4.78 is 10.6. The van der Waals surface area contributed by atoms with Gasteiger partial charge in [-0.2, -0.15) is 0 Å². The number of amides is 2. The van der Waals surface area contributed by atoms with Gasteiger partial charge in [0.05, 0.1) is 20.1 Å². The summed E-state index contributed by atoms with van der Waals surface area (Å²) in [6, 6.07) is 14.1. The Kier molecular flexibility index (Phi) is 7.46. The fraction of sp³-hybridized carbons (Fsp3) is 0.348. The highest BCUT2D eigenvalue weighted by atomic mass is 32.1. The Morgan fingerprint density at radius 1 is 1.06 bits per heavy atom. The van der Waals surface area contributed by atoms with Crippen LogP contribution in [0.1, 0.15) is 25.8 Å². The molecule has 1 aliphatic heterocycles. The number of carbonyl (C=O) groups excluding carboxylic acids is 2. The molecule has 0 spiro atoms. The lowest BCUT2D eigenvalue weighted by molar-refractivity contribution is -0.130. The van der Waals surface area contributed by atoms with Gasteiger partial charge in [-0.05, 0) is 68.0 Å². The number of anilines is 1. The van der Waals surface area contributed by atoms with Crippen LogP contribution in [0.2, 0.25) is 0 Å². The molecule has 1 atom stereocenters. The number of ether oxygens (including phenoxy) is 2. The summed E-state index contributed by atoms with van der Waals surface area (Å²) in [5.74, 6) is 1.09. The molecule has 2 aromatic carbocycles. The normalized spacial score (nSPS) is 15.9. The molecule has 2 aromatic rings. The number of rotatable bonds is 9. The largest absolute Gasteiger partial charge is 0.497 e. The second-order valence-electron chi connectivity index (χ2n) is 7.07. The van der Waals surface area contributed by atoms with Crippen molar-refractivity contribution in [2.24, 2.45) is 0 Å².